The van der Waals surface area contributed by atoms with Crippen LogP contribution in [0.3, 0.4) is 0 Å². The summed E-state index contributed by atoms with van der Waals surface area (Å²) in [6, 6.07) is 4.10. The number of phenolic OH excluding ortho intramolecular Hbond substituents is 1. The maximum atomic E-state index is 9.06. The Morgan fingerprint density at radius 2 is 1.91 bits per heavy atom. The Bertz CT molecular complexity index is 260. The normalized spacial score (nSPS) is 10.5. The van der Waals surface area contributed by atoms with Crippen molar-refractivity contribution in [2.45, 2.75) is 6.29 Å². The van der Waals surface area contributed by atoms with Crippen LogP contribution >= 0.6 is 0 Å². The zero-order valence-electron chi connectivity index (χ0n) is 5.73. The molecule has 0 spiro atoms. The number of phenols is 1. The second-order valence-corrected chi connectivity index (χ2v) is 2.19. The van der Waals surface area contributed by atoms with Gasteiger partial charge in [-0.25, -0.2) is 0 Å². The topological polar surface area (TPSA) is 86.7 Å². The van der Waals surface area contributed by atoms with Crippen LogP contribution < -0.4 is 5.73 Å². The van der Waals surface area contributed by atoms with Gasteiger partial charge in [-0.3, -0.25) is 0 Å². The molecular formula is C7H9NO3. The van der Waals surface area contributed by atoms with E-state index in [9.17, 15) is 0 Å². The molecule has 60 valence electrons. The van der Waals surface area contributed by atoms with Crippen LogP contribution in [0.15, 0.2) is 18.2 Å². The number of nitrogen functional groups attached to an aromatic ring is 1. The number of nitrogens with two attached hydrogens (primary N) is 1. The molecule has 0 fully saturated rings. The van der Waals surface area contributed by atoms with Crippen molar-refractivity contribution in [1.29, 1.82) is 0 Å². The molecule has 0 unspecified atom stereocenters. The molecule has 4 nitrogen and oxygen atoms in total. The van der Waals surface area contributed by atoms with Crippen LogP contribution in [0.4, 0.5) is 5.69 Å². The molecule has 0 saturated heterocycles. The van der Waals surface area contributed by atoms with Crippen molar-refractivity contribution >= 4 is 5.69 Å². The number of aliphatic hydroxyl groups excluding tert-OH is 1. The van der Waals surface area contributed by atoms with E-state index < -0.39 is 6.29 Å². The molecule has 0 bridgehead atoms. The lowest BCUT2D eigenvalue weighted by molar-refractivity contribution is -0.0438. The molecule has 0 atom stereocenters. The molecule has 0 aromatic heterocycles. The average molecular weight is 155 g/mol. The Hall–Kier alpha value is -1.26. The lowest BCUT2D eigenvalue weighted by atomic mass is 10.2. The van der Waals surface area contributed by atoms with E-state index in [1.165, 1.54) is 18.2 Å². The summed E-state index contributed by atoms with van der Waals surface area (Å²) >= 11 is 0. The van der Waals surface area contributed by atoms with Crippen molar-refractivity contribution in [3.05, 3.63) is 23.8 Å². The fourth-order valence-electron chi connectivity index (χ4n) is 0.779. The molecule has 1 aromatic rings. The molecular weight excluding hydrogens is 146 g/mol. The monoisotopic (exact) mass is 155 g/mol. The average Bonchev–Trinajstić information content (AvgIpc) is 1.85. The maximum absolute atomic E-state index is 9.06. The van der Waals surface area contributed by atoms with Crippen LogP contribution in [0, 0.1) is 0 Å². The summed E-state index contributed by atoms with van der Waals surface area (Å²) in [6.45, 7) is 0. The molecule has 0 saturated carbocycles. The highest BCUT2D eigenvalue weighted by Gasteiger charge is 2.07. The minimum Gasteiger partial charge on any atom is -0.507 e. The van der Waals surface area contributed by atoms with Gasteiger partial charge in [0.15, 0.2) is 6.29 Å². The fourth-order valence-corrected chi connectivity index (χ4v) is 0.779. The third-order valence-corrected chi connectivity index (χ3v) is 1.33. The van der Waals surface area contributed by atoms with Gasteiger partial charge in [0.2, 0.25) is 0 Å². The molecule has 0 amide bonds. The summed E-state index contributed by atoms with van der Waals surface area (Å²) in [5.41, 5.74) is 5.74. The number of aromatic hydroxyl groups is 1. The van der Waals surface area contributed by atoms with Crippen molar-refractivity contribution in [3.63, 3.8) is 0 Å². The number of rotatable bonds is 1. The van der Waals surface area contributed by atoms with Gasteiger partial charge in [0.25, 0.3) is 0 Å². The van der Waals surface area contributed by atoms with Crippen LogP contribution in [-0.2, 0) is 0 Å². The smallest absolute Gasteiger partial charge is 0.182 e. The zero-order chi connectivity index (χ0) is 8.43. The molecule has 0 aliphatic carbocycles. The van der Waals surface area contributed by atoms with Crippen LogP contribution in [0.5, 0.6) is 5.75 Å². The summed E-state index contributed by atoms with van der Waals surface area (Å²) in [5.74, 6) is -0.208. The molecule has 1 rings (SSSR count). The van der Waals surface area contributed by atoms with Crippen molar-refractivity contribution in [2.24, 2.45) is 0 Å². The highest BCUT2D eigenvalue weighted by Crippen LogP contribution is 2.24. The van der Waals surface area contributed by atoms with Gasteiger partial charge in [0.05, 0.1) is 0 Å². The summed E-state index contributed by atoms with van der Waals surface area (Å²) < 4.78 is 0. The lowest BCUT2D eigenvalue weighted by Gasteiger charge is -2.05. The van der Waals surface area contributed by atoms with Gasteiger partial charge in [-0.2, -0.15) is 0 Å². The van der Waals surface area contributed by atoms with Crippen molar-refractivity contribution in [1.82, 2.24) is 0 Å². The van der Waals surface area contributed by atoms with Gasteiger partial charge in [-0.15, -0.1) is 0 Å². The highest BCUT2D eigenvalue weighted by atomic mass is 16.5. The summed E-state index contributed by atoms with van der Waals surface area (Å²) in [7, 11) is 0. The summed E-state index contributed by atoms with van der Waals surface area (Å²) in [6.07, 6.45) is -1.66. The molecule has 1 aromatic carbocycles. The lowest BCUT2D eigenvalue weighted by Crippen LogP contribution is -1.95. The number of hydrogen-bond acceptors (Lipinski definition) is 4. The molecule has 5 N–H and O–H groups in total. The van der Waals surface area contributed by atoms with E-state index in [0.717, 1.165) is 0 Å². The van der Waals surface area contributed by atoms with Crippen molar-refractivity contribution < 1.29 is 15.3 Å². The fraction of sp³-hybridized carbons (Fsp3) is 0.143. The Morgan fingerprint density at radius 1 is 1.27 bits per heavy atom. The van der Waals surface area contributed by atoms with Crippen molar-refractivity contribution in [2.75, 3.05) is 5.73 Å². The first kappa shape index (κ1) is 7.84. The van der Waals surface area contributed by atoms with E-state index in [4.69, 9.17) is 21.1 Å². The number of anilines is 1. The van der Waals surface area contributed by atoms with E-state index >= 15 is 0 Å². The molecule has 11 heavy (non-hydrogen) atoms. The van der Waals surface area contributed by atoms with Gasteiger partial charge >= 0.3 is 0 Å². The van der Waals surface area contributed by atoms with Gasteiger partial charge in [0, 0.05) is 17.3 Å². The molecule has 0 aliphatic heterocycles. The number of hydrogen-bond donors (Lipinski definition) is 4. The van der Waals surface area contributed by atoms with Crippen LogP contribution in [0.1, 0.15) is 11.9 Å². The molecule has 4 heteroatoms. The minimum absolute atomic E-state index is 0.0548. The van der Waals surface area contributed by atoms with Crippen LogP contribution in [-0.4, -0.2) is 15.3 Å². The maximum Gasteiger partial charge on any atom is 0.182 e. The quantitative estimate of drug-likeness (QED) is 0.338. The molecule has 0 aliphatic rings. The minimum atomic E-state index is -1.66. The first-order chi connectivity index (χ1) is 5.11. The Labute approximate surface area is 63.5 Å². The van der Waals surface area contributed by atoms with Gasteiger partial charge in [-0.05, 0) is 12.1 Å². The first-order valence-electron chi connectivity index (χ1n) is 3.06. The third-order valence-electron chi connectivity index (χ3n) is 1.33. The number of aliphatic hydroxyl groups is 2. The Kier molecular flexibility index (Phi) is 1.98. The first-order valence-corrected chi connectivity index (χ1v) is 3.06. The predicted octanol–water partition coefficient (Wildman–Crippen LogP) is -0.0424. The van der Waals surface area contributed by atoms with Gasteiger partial charge in [-0.1, -0.05) is 0 Å². The Balaban J connectivity index is 3.09. The third kappa shape index (κ3) is 1.60. The van der Waals surface area contributed by atoms with E-state index in [1.54, 1.807) is 0 Å². The van der Waals surface area contributed by atoms with Crippen molar-refractivity contribution in [3.8, 4) is 5.75 Å². The largest absolute Gasteiger partial charge is 0.507 e. The van der Waals surface area contributed by atoms with Gasteiger partial charge in [0.1, 0.15) is 5.75 Å². The second-order valence-electron chi connectivity index (χ2n) is 2.19. The van der Waals surface area contributed by atoms with E-state index in [2.05, 4.69) is 0 Å². The molecule has 0 radical (unpaired) electrons. The zero-order valence-corrected chi connectivity index (χ0v) is 5.73. The van der Waals surface area contributed by atoms with Crippen LogP contribution in [0.25, 0.3) is 0 Å². The van der Waals surface area contributed by atoms with Gasteiger partial charge < -0.3 is 21.1 Å². The van der Waals surface area contributed by atoms with Crippen LogP contribution in [0.2, 0.25) is 0 Å². The summed E-state index contributed by atoms with van der Waals surface area (Å²) in [4.78, 5) is 0. The van der Waals surface area contributed by atoms with E-state index in [1.807, 2.05) is 0 Å². The van der Waals surface area contributed by atoms with E-state index in [0.29, 0.717) is 5.69 Å². The Morgan fingerprint density at radius 3 is 2.36 bits per heavy atom. The highest BCUT2D eigenvalue weighted by molar-refractivity contribution is 5.47. The summed E-state index contributed by atoms with van der Waals surface area (Å²) in [5, 5.41) is 26.4. The predicted molar refractivity (Wildman–Crippen MR) is 39.7 cm³/mol. The standard InChI is InChI=1S/C7H9NO3/c8-4-1-2-5(7(10)11)6(9)3-4/h1-3,7,9-11H,8H2. The SMILES string of the molecule is Nc1ccc(C(O)O)c(O)c1. The second kappa shape index (κ2) is 2.77. The molecule has 0 heterocycles. The number of benzene rings is 1. The van der Waals surface area contributed by atoms with E-state index in [-0.39, 0.29) is 11.3 Å².